The molecule has 0 aromatic carbocycles. The molecule has 0 bridgehead atoms. The second-order valence-corrected chi connectivity index (χ2v) is 4.75. The van der Waals surface area contributed by atoms with Crippen LogP contribution in [0.4, 0.5) is 0 Å². The molecule has 0 aliphatic rings. The van der Waals surface area contributed by atoms with Crippen molar-refractivity contribution in [3.8, 4) is 0 Å². The molecule has 92 valence electrons. The summed E-state index contributed by atoms with van der Waals surface area (Å²) in [4.78, 5) is 14.3. The van der Waals surface area contributed by atoms with E-state index in [1.54, 1.807) is 6.33 Å². The minimum atomic E-state index is 0.150. The van der Waals surface area contributed by atoms with Gasteiger partial charge in [-0.05, 0) is 38.7 Å². The van der Waals surface area contributed by atoms with Crippen LogP contribution in [0.1, 0.15) is 6.42 Å². The van der Waals surface area contributed by atoms with Crippen molar-refractivity contribution in [1.82, 2.24) is 24.4 Å². The van der Waals surface area contributed by atoms with Crippen molar-refractivity contribution in [3.63, 3.8) is 0 Å². The van der Waals surface area contributed by atoms with E-state index in [1.807, 2.05) is 18.7 Å². The Labute approximate surface area is 109 Å². The van der Waals surface area contributed by atoms with Crippen molar-refractivity contribution in [2.75, 3.05) is 20.6 Å². The van der Waals surface area contributed by atoms with Crippen molar-refractivity contribution >= 4 is 34.4 Å². The number of hydrogen-bond donors (Lipinski definition) is 0. The smallest absolute Gasteiger partial charge is 0.225 e. The lowest BCUT2D eigenvalue weighted by Crippen LogP contribution is -2.15. The third kappa shape index (κ3) is 2.86. The highest BCUT2D eigenvalue weighted by Crippen LogP contribution is 2.20. The molecule has 5 nitrogen and oxygen atoms in total. The molecule has 0 N–H and O–H groups in total. The summed E-state index contributed by atoms with van der Waals surface area (Å²) in [5.74, 6) is 0. The van der Waals surface area contributed by atoms with Crippen LogP contribution < -0.4 is 0 Å². The van der Waals surface area contributed by atoms with E-state index in [0.29, 0.717) is 16.3 Å². The molecular weight excluding hydrogens is 261 g/mol. The average molecular weight is 274 g/mol. The van der Waals surface area contributed by atoms with Gasteiger partial charge in [0, 0.05) is 6.54 Å². The van der Waals surface area contributed by atoms with E-state index in [9.17, 15) is 0 Å². The fraction of sp³-hybridized carbons (Fsp3) is 0.500. The first-order chi connectivity index (χ1) is 8.08. The normalized spacial score (nSPS) is 11.6. The first kappa shape index (κ1) is 12.5. The molecule has 2 aromatic heterocycles. The Morgan fingerprint density at radius 3 is 2.76 bits per heavy atom. The molecule has 0 spiro atoms. The Morgan fingerprint density at radius 2 is 2.06 bits per heavy atom. The molecule has 0 saturated heterocycles. The number of halogens is 2. The van der Waals surface area contributed by atoms with Crippen LogP contribution in [0.15, 0.2) is 6.33 Å². The zero-order chi connectivity index (χ0) is 12.4. The molecule has 2 rings (SSSR count). The molecule has 7 heteroatoms. The molecule has 0 aliphatic carbocycles. The van der Waals surface area contributed by atoms with E-state index in [1.165, 1.54) is 0 Å². The number of imidazole rings is 1. The third-order valence-corrected chi connectivity index (χ3v) is 2.83. The number of aryl methyl sites for hydroxylation is 1. The Balaban J connectivity index is 2.23. The second-order valence-electron chi connectivity index (χ2n) is 4.05. The topological polar surface area (TPSA) is 46.8 Å². The van der Waals surface area contributed by atoms with Gasteiger partial charge in [-0.25, -0.2) is 9.97 Å². The SMILES string of the molecule is CN(C)CCCn1cnc2c(Cl)nc(Cl)nc21. The summed E-state index contributed by atoms with van der Waals surface area (Å²) in [5.41, 5.74) is 1.29. The van der Waals surface area contributed by atoms with Crippen molar-refractivity contribution in [3.05, 3.63) is 16.8 Å². The lowest BCUT2D eigenvalue weighted by molar-refractivity contribution is 0.387. The van der Waals surface area contributed by atoms with E-state index >= 15 is 0 Å². The summed E-state index contributed by atoms with van der Waals surface area (Å²) in [6.45, 7) is 1.84. The number of nitrogens with zero attached hydrogens (tertiary/aromatic N) is 5. The van der Waals surface area contributed by atoms with Gasteiger partial charge in [-0.15, -0.1) is 0 Å². The van der Waals surface area contributed by atoms with Crippen LogP contribution in [0.3, 0.4) is 0 Å². The summed E-state index contributed by atoms with van der Waals surface area (Å²) in [7, 11) is 4.09. The maximum Gasteiger partial charge on any atom is 0.225 e. The van der Waals surface area contributed by atoms with Crippen LogP contribution in [0, 0.1) is 0 Å². The predicted molar refractivity (Wildman–Crippen MR) is 68.5 cm³/mol. The average Bonchev–Trinajstić information content (AvgIpc) is 2.61. The van der Waals surface area contributed by atoms with Gasteiger partial charge < -0.3 is 9.47 Å². The first-order valence-corrected chi connectivity index (χ1v) is 6.02. The first-order valence-electron chi connectivity index (χ1n) is 5.26. The minimum absolute atomic E-state index is 0.150. The van der Waals surface area contributed by atoms with Gasteiger partial charge in [0.05, 0.1) is 6.33 Å². The zero-order valence-electron chi connectivity index (χ0n) is 9.69. The molecular formula is C10H13Cl2N5. The monoisotopic (exact) mass is 273 g/mol. The zero-order valence-corrected chi connectivity index (χ0v) is 11.2. The van der Waals surface area contributed by atoms with E-state index in [0.717, 1.165) is 19.5 Å². The van der Waals surface area contributed by atoms with Crippen LogP contribution in [0.25, 0.3) is 11.2 Å². The number of rotatable bonds is 4. The fourth-order valence-corrected chi connectivity index (χ4v) is 2.03. The van der Waals surface area contributed by atoms with Gasteiger partial charge in [0.25, 0.3) is 0 Å². The summed E-state index contributed by atoms with van der Waals surface area (Å²) in [6, 6.07) is 0. The highest BCUT2D eigenvalue weighted by molar-refractivity contribution is 6.35. The summed E-state index contributed by atoms with van der Waals surface area (Å²) < 4.78 is 1.94. The third-order valence-electron chi connectivity index (χ3n) is 2.40. The molecule has 0 amide bonds. The standard InChI is InChI=1S/C10H13Cl2N5/c1-16(2)4-3-5-17-6-13-7-8(11)14-10(12)15-9(7)17/h6H,3-5H2,1-2H3. The molecule has 0 unspecified atom stereocenters. The van der Waals surface area contributed by atoms with Gasteiger partial charge in [0.15, 0.2) is 10.8 Å². The van der Waals surface area contributed by atoms with E-state index in [2.05, 4.69) is 19.9 Å². The summed E-state index contributed by atoms with van der Waals surface area (Å²) in [6.07, 6.45) is 2.73. The molecule has 0 fully saturated rings. The highest BCUT2D eigenvalue weighted by Gasteiger charge is 2.10. The molecule has 0 aliphatic heterocycles. The van der Waals surface area contributed by atoms with E-state index in [4.69, 9.17) is 23.2 Å². The maximum atomic E-state index is 5.94. The molecule has 17 heavy (non-hydrogen) atoms. The molecule has 0 saturated carbocycles. The Kier molecular flexibility index (Phi) is 3.81. The summed E-state index contributed by atoms with van der Waals surface area (Å²) in [5, 5.41) is 0.447. The predicted octanol–water partition coefficient (Wildman–Crippen LogP) is 2.08. The second kappa shape index (κ2) is 5.16. The van der Waals surface area contributed by atoms with Crippen LogP contribution in [-0.4, -0.2) is 45.1 Å². The van der Waals surface area contributed by atoms with Crippen LogP contribution in [-0.2, 0) is 6.54 Å². The van der Waals surface area contributed by atoms with Gasteiger partial charge in [0.2, 0.25) is 5.28 Å². The molecule has 0 atom stereocenters. The fourth-order valence-electron chi connectivity index (χ4n) is 1.61. The number of hydrogen-bond acceptors (Lipinski definition) is 4. The minimum Gasteiger partial charge on any atom is -0.315 e. The van der Waals surface area contributed by atoms with Gasteiger partial charge in [-0.2, -0.15) is 4.98 Å². The lowest BCUT2D eigenvalue weighted by Gasteiger charge is -2.09. The molecule has 0 radical (unpaired) electrons. The largest absolute Gasteiger partial charge is 0.315 e. The lowest BCUT2D eigenvalue weighted by atomic mass is 10.4. The Bertz CT molecular complexity index is 523. The highest BCUT2D eigenvalue weighted by atomic mass is 35.5. The van der Waals surface area contributed by atoms with E-state index < -0.39 is 0 Å². The van der Waals surface area contributed by atoms with Crippen LogP contribution in [0.5, 0.6) is 0 Å². The molecule has 2 heterocycles. The van der Waals surface area contributed by atoms with Crippen LogP contribution in [0.2, 0.25) is 10.4 Å². The maximum absolute atomic E-state index is 5.94. The van der Waals surface area contributed by atoms with Crippen molar-refractivity contribution < 1.29 is 0 Å². The van der Waals surface area contributed by atoms with Gasteiger partial charge >= 0.3 is 0 Å². The van der Waals surface area contributed by atoms with Gasteiger partial charge in [0.1, 0.15) is 5.52 Å². The van der Waals surface area contributed by atoms with Gasteiger partial charge in [-0.1, -0.05) is 11.6 Å². The van der Waals surface area contributed by atoms with Crippen molar-refractivity contribution in [2.45, 2.75) is 13.0 Å². The Morgan fingerprint density at radius 1 is 1.29 bits per heavy atom. The summed E-state index contributed by atoms with van der Waals surface area (Å²) >= 11 is 11.7. The number of fused-ring (bicyclic) bond motifs is 1. The van der Waals surface area contributed by atoms with Crippen molar-refractivity contribution in [1.29, 1.82) is 0 Å². The van der Waals surface area contributed by atoms with E-state index in [-0.39, 0.29) is 5.28 Å². The van der Waals surface area contributed by atoms with Gasteiger partial charge in [-0.3, -0.25) is 0 Å². The van der Waals surface area contributed by atoms with Crippen molar-refractivity contribution in [2.24, 2.45) is 0 Å². The quantitative estimate of drug-likeness (QED) is 0.632. The Hall–Kier alpha value is -0.910. The number of aromatic nitrogens is 4. The van der Waals surface area contributed by atoms with Crippen LogP contribution >= 0.6 is 23.2 Å². The molecule has 2 aromatic rings.